The van der Waals surface area contributed by atoms with Crippen LogP contribution in [0.4, 0.5) is 0 Å². The second kappa shape index (κ2) is 7.08. The molecule has 0 saturated heterocycles. The molecule has 1 heterocycles. The molecule has 0 radical (unpaired) electrons. The lowest BCUT2D eigenvalue weighted by molar-refractivity contribution is -0.123. The normalized spacial score (nSPS) is 11.7. The highest BCUT2D eigenvalue weighted by Gasteiger charge is 2.22. The van der Waals surface area contributed by atoms with E-state index < -0.39 is 5.41 Å². The van der Waals surface area contributed by atoms with Crippen molar-refractivity contribution in [3.05, 3.63) is 64.4 Å². The lowest BCUT2D eigenvalue weighted by Crippen LogP contribution is -2.24. The minimum Gasteiger partial charge on any atom is -0.298 e. The average Bonchev–Trinajstić information content (AvgIpc) is 2.60. The summed E-state index contributed by atoms with van der Waals surface area (Å²) in [6.07, 6.45) is 0. The number of fused-ring (bicyclic) bond motifs is 1. The van der Waals surface area contributed by atoms with Gasteiger partial charge < -0.3 is 0 Å². The van der Waals surface area contributed by atoms with Crippen LogP contribution >= 0.6 is 11.8 Å². The van der Waals surface area contributed by atoms with Gasteiger partial charge in [-0.15, -0.1) is 0 Å². The fraction of sp³-hybridized carbons (Fsp3) is 0.286. The van der Waals surface area contributed by atoms with E-state index in [4.69, 9.17) is 0 Å². The Labute approximate surface area is 157 Å². The second-order valence-corrected chi connectivity index (χ2v) is 8.29. The summed E-state index contributed by atoms with van der Waals surface area (Å²) in [4.78, 5) is 30.1. The molecule has 0 saturated carbocycles. The number of para-hydroxylation sites is 1. The molecule has 0 N–H and O–H groups in total. The number of aromatic nitrogens is 2. The molecule has 0 aliphatic carbocycles. The maximum Gasteiger partial charge on any atom is 0.266 e. The van der Waals surface area contributed by atoms with Gasteiger partial charge in [0.1, 0.15) is 5.78 Å². The van der Waals surface area contributed by atoms with Gasteiger partial charge in [-0.05, 0) is 31.2 Å². The third-order valence-corrected chi connectivity index (χ3v) is 5.14. The molecule has 3 aromatic rings. The summed E-state index contributed by atoms with van der Waals surface area (Å²) < 4.78 is 1.60. The molecular formula is C21H22N2O2S. The van der Waals surface area contributed by atoms with E-state index >= 15 is 0 Å². The van der Waals surface area contributed by atoms with Crippen LogP contribution in [0.25, 0.3) is 16.6 Å². The van der Waals surface area contributed by atoms with E-state index in [-0.39, 0.29) is 17.1 Å². The van der Waals surface area contributed by atoms with Crippen LogP contribution in [0, 0.1) is 12.3 Å². The Morgan fingerprint density at radius 2 is 1.73 bits per heavy atom. The Morgan fingerprint density at radius 3 is 2.38 bits per heavy atom. The summed E-state index contributed by atoms with van der Waals surface area (Å²) in [5, 5.41) is 1.11. The minimum absolute atomic E-state index is 0.120. The zero-order valence-electron chi connectivity index (χ0n) is 15.4. The van der Waals surface area contributed by atoms with Crippen LogP contribution < -0.4 is 5.56 Å². The van der Waals surface area contributed by atoms with Gasteiger partial charge in [0.15, 0.2) is 5.16 Å². The number of Topliss-reactive ketones (excluding diaryl/α,β-unsaturated/α-hetero) is 1. The SMILES string of the molecule is Cc1ccc(-n2c(SCC(=O)C(C)(C)C)nc3ccccc3c2=O)cc1. The Hall–Kier alpha value is -2.40. The number of ketones is 1. The fourth-order valence-corrected chi connectivity index (χ4v) is 3.65. The molecule has 0 amide bonds. The quantitative estimate of drug-likeness (QED) is 0.507. The summed E-state index contributed by atoms with van der Waals surface area (Å²) in [7, 11) is 0. The molecule has 0 atom stereocenters. The van der Waals surface area contributed by atoms with Crippen molar-refractivity contribution >= 4 is 28.4 Å². The number of benzene rings is 2. The topological polar surface area (TPSA) is 52.0 Å². The molecule has 1 aromatic heterocycles. The highest BCUT2D eigenvalue weighted by atomic mass is 32.2. The summed E-state index contributed by atoms with van der Waals surface area (Å²) in [5.41, 5.74) is 1.98. The van der Waals surface area contributed by atoms with Crippen LogP contribution in [0.2, 0.25) is 0 Å². The zero-order valence-corrected chi connectivity index (χ0v) is 16.3. The van der Waals surface area contributed by atoms with E-state index in [0.29, 0.717) is 16.1 Å². The van der Waals surface area contributed by atoms with Crippen LogP contribution in [0.15, 0.2) is 58.5 Å². The summed E-state index contributed by atoms with van der Waals surface area (Å²) in [5.74, 6) is 0.403. The standard InChI is InChI=1S/C21H22N2O2S/c1-14-9-11-15(12-10-14)23-19(25)16-7-5-6-8-17(16)22-20(23)26-13-18(24)21(2,3)4/h5-12H,13H2,1-4H3. The predicted octanol–water partition coefficient (Wildman–Crippen LogP) is 4.40. The van der Waals surface area contributed by atoms with Gasteiger partial charge in [-0.1, -0.05) is 62.4 Å². The number of thioether (sulfide) groups is 1. The first-order valence-electron chi connectivity index (χ1n) is 8.52. The van der Waals surface area contributed by atoms with Gasteiger partial charge in [-0.3, -0.25) is 14.2 Å². The van der Waals surface area contributed by atoms with Crippen LogP contribution in [0.5, 0.6) is 0 Å². The lowest BCUT2D eigenvalue weighted by Gasteiger charge is -2.17. The number of carbonyl (C=O) groups is 1. The first kappa shape index (κ1) is 18.4. The Bertz CT molecular complexity index is 1010. The monoisotopic (exact) mass is 366 g/mol. The number of aryl methyl sites for hydroxylation is 1. The van der Waals surface area contributed by atoms with Crippen LogP contribution in [-0.4, -0.2) is 21.1 Å². The van der Waals surface area contributed by atoms with Gasteiger partial charge in [0.05, 0.1) is 22.3 Å². The first-order chi connectivity index (χ1) is 12.3. The first-order valence-corrected chi connectivity index (χ1v) is 9.51. The molecular weight excluding hydrogens is 344 g/mol. The van der Waals surface area contributed by atoms with Crippen molar-refractivity contribution in [3.8, 4) is 5.69 Å². The van der Waals surface area contributed by atoms with E-state index in [1.54, 1.807) is 10.6 Å². The molecule has 26 heavy (non-hydrogen) atoms. The smallest absolute Gasteiger partial charge is 0.266 e. The van der Waals surface area contributed by atoms with Gasteiger partial charge in [0.2, 0.25) is 0 Å². The van der Waals surface area contributed by atoms with Crippen LogP contribution in [-0.2, 0) is 4.79 Å². The predicted molar refractivity (Wildman–Crippen MR) is 107 cm³/mol. The van der Waals surface area contributed by atoms with E-state index in [2.05, 4.69) is 4.98 Å². The molecule has 2 aromatic carbocycles. The van der Waals surface area contributed by atoms with E-state index in [9.17, 15) is 9.59 Å². The molecule has 5 heteroatoms. The molecule has 0 spiro atoms. The molecule has 0 aliphatic rings. The van der Waals surface area contributed by atoms with Gasteiger partial charge in [0.25, 0.3) is 5.56 Å². The van der Waals surface area contributed by atoms with E-state index in [1.165, 1.54) is 11.8 Å². The largest absolute Gasteiger partial charge is 0.298 e. The maximum absolute atomic E-state index is 13.1. The maximum atomic E-state index is 13.1. The molecule has 4 nitrogen and oxygen atoms in total. The molecule has 0 unspecified atom stereocenters. The van der Waals surface area contributed by atoms with Gasteiger partial charge in [-0.25, -0.2) is 4.98 Å². The lowest BCUT2D eigenvalue weighted by atomic mass is 9.92. The van der Waals surface area contributed by atoms with Crippen molar-refractivity contribution in [2.45, 2.75) is 32.9 Å². The number of nitrogens with zero attached hydrogens (tertiary/aromatic N) is 2. The van der Waals surface area contributed by atoms with Crippen molar-refractivity contribution in [2.24, 2.45) is 5.41 Å². The summed E-state index contributed by atoms with van der Waals surface area (Å²) >= 11 is 1.31. The van der Waals surface area contributed by atoms with Crippen molar-refractivity contribution in [1.29, 1.82) is 0 Å². The Balaban J connectivity index is 2.13. The minimum atomic E-state index is -0.418. The number of hydrogen-bond donors (Lipinski definition) is 0. The molecule has 3 rings (SSSR count). The van der Waals surface area contributed by atoms with Crippen molar-refractivity contribution in [3.63, 3.8) is 0 Å². The van der Waals surface area contributed by atoms with Crippen LogP contribution in [0.1, 0.15) is 26.3 Å². The zero-order chi connectivity index (χ0) is 18.9. The van der Waals surface area contributed by atoms with Gasteiger partial charge in [-0.2, -0.15) is 0 Å². The van der Waals surface area contributed by atoms with Crippen molar-refractivity contribution in [2.75, 3.05) is 5.75 Å². The number of rotatable bonds is 4. The third kappa shape index (κ3) is 3.73. The fourth-order valence-electron chi connectivity index (χ4n) is 2.48. The number of carbonyl (C=O) groups excluding carboxylic acids is 1. The second-order valence-electron chi connectivity index (χ2n) is 7.35. The Morgan fingerprint density at radius 1 is 1.08 bits per heavy atom. The van der Waals surface area contributed by atoms with E-state index in [1.807, 2.05) is 70.2 Å². The Kier molecular flexibility index (Phi) is 5.01. The van der Waals surface area contributed by atoms with Crippen LogP contribution in [0.3, 0.4) is 0 Å². The summed E-state index contributed by atoms with van der Waals surface area (Å²) in [6.45, 7) is 7.70. The average molecular weight is 366 g/mol. The third-order valence-electron chi connectivity index (χ3n) is 4.21. The van der Waals surface area contributed by atoms with Gasteiger partial charge in [0, 0.05) is 5.41 Å². The number of hydrogen-bond acceptors (Lipinski definition) is 4. The highest BCUT2D eigenvalue weighted by molar-refractivity contribution is 7.99. The molecule has 134 valence electrons. The molecule has 0 bridgehead atoms. The van der Waals surface area contributed by atoms with E-state index in [0.717, 1.165) is 11.3 Å². The van der Waals surface area contributed by atoms with Crippen molar-refractivity contribution in [1.82, 2.24) is 9.55 Å². The molecule has 0 aliphatic heterocycles. The highest BCUT2D eigenvalue weighted by Crippen LogP contribution is 2.25. The summed E-state index contributed by atoms with van der Waals surface area (Å²) in [6, 6.07) is 15.0. The molecule has 0 fully saturated rings. The van der Waals surface area contributed by atoms with Gasteiger partial charge >= 0.3 is 0 Å². The van der Waals surface area contributed by atoms with Crippen molar-refractivity contribution < 1.29 is 4.79 Å².